The average Bonchev–Trinajstić information content (AvgIpc) is 2.07. The van der Waals surface area contributed by atoms with E-state index in [2.05, 4.69) is 20.8 Å². The number of rotatable bonds is 2. The molecule has 0 amide bonds. The SMILES string of the molecule is CC1CC(C)(C)CC1CCN. The highest BCUT2D eigenvalue weighted by atomic mass is 14.5. The minimum Gasteiger partial charge on any atom is -0.330 e. The Bertz CT molecular complexity index is 129. The second-order valence-electron chi connectivity index (χ2n) is 4.89. The van der Waals surface area contributed by atoms with Crippen molar-refractivity contribution in [3.63, 3.8) is 0 Å². The summed E-state index contributed by atoms with van der Waals surface area (Å²) < 4.78 is 0. The van der Waals surface area contributed by atoms with E-state index in [1.54, 1.807) is 0 Å². The third kappa shape index (κ3) is 2.19. The van der Waals surface area contributed by atoms with Crippen molar-refractivity contribution in [1.29, 1.82) is 0 Å². The van der Waals surface area contributed by atoms with Crippen molar-refractivity contribution >= 4 is 0 Å². The molecule has 2 atom stereocenters. The lowest BCUT2D eigenvalue weighted by atomic mass is 9.90. The Labute approximate surface area is 70.4 Å². The van der Waals surface area contributed by atoms with Crippen molar-refractivity contribution in [2.24, 2.45) is 23.0 Å². The zero-order valence-electron chi connectivity index (χ0n) is 8.06. The van der Waals surface area contributed by atoms with Gasteiger partial charge in [-0.15, -0.1) is 0 Å². The fraction of sp³-hybridized carbons (Fsp3) is 1.00. The summed E-state index contributed by atoms with van der Waals surface area (Å²) in [5.74, 6) is 1.79. The maximum absolute atomic E-state index is 5.56. The first kappa shape index (κ1) is 9.05. The van der Waals surface area contributed by atoms with Gasteiger partial charge in [-0.2, -0.15) is 0 Å². The quantitative estimate of drug-likeness (QED) is 0.651. The topological polar surface area (TPSA) is 26.0 Å². The maximum atomic E-state index is 5.56. The predicted octanol–water partition coefficient (Wildman–Crippen LogP) is 2.41. The van der Waals surface area contributed by atoms with Crippen molar-refractivity contribution in [2.45, 2.75) is 40.0 Å². The molecule has 0 aliphatic heterocycles. The zero-order valence-corrected chi connectivity index (χ0v) is 8.06. The first-order valence-electron chi connectivity index (χ1n) is 4.75. The third-order valence-corrected chi connectivity index (χ3v) is 3.03. The molecule has 1 saturated carbocycles. The molecule has 2 unspecified atom stereocenters. The summed E-state index contributed by atoms with van der Waals surface area (Å²) in [6.07, 6.45) is 3.99. The van der Waals surface area contributed by atoms with Crippen molar-refractivity contribution < 1.29 is 0 Å². The molecule has 11 heavy (non-hydrogen) atoms. The van der Waals surface area contributed by atoms with E-state index in [1.807, 2.05) is 0 Å². The van der Waals surface area contributed by atoms with Crippen molar-refractivity contribution in [3.05, 3.63) is 0 Å². The Morgan fingerprint density at radius 3 is 2.36 bits per heavy atom. The highest BCUT2D eigenvalue weighted by molar-refractivity contribution is 4.86. The van der Waals surface area contributed by atoms with E-state index in [1.165, 1.54) is 19.3 Å². The molecule has 0 aromatic carbocycles. The molecule has 0 bridgehead atoms. The number of nitrogens with two attached hydrogens (primary N) is 1. The van der Waals surface area contributed by atoms with Gasteiger partial charge in [0.05, 0.1) is 0 Å². The van der Waals surface area contributed by atoms with Crippen LogP contribution in [0.1, 0.15) is 40.0 Å². The van der Waals surface area contributed by atoms with Gasteiger partial charge in [-0.1, -0.05) is 20.8 Å². The Balaban J connectivity index is 2.45. The van der Waals surface area contributed by atoms with E-state index in [9.17, 15) is 0 Å². The van der Waals surface area contributed by atoms with Crippen LogP contribution >= 0.6 is 0 Å². The van der Waals surface area contributed by atoms with Gasteiger partial charge in [-0.3, -0.25) is 0 Å². The summed E-state index contributed by atoms with van der Waals surface area (Å²) in [5, 5.41) is 0. The lowest BCUT2D eigenvalue weighted by Gasteiger charge is -2.16. The van der Waals surface area contributed by atoms with Crippen LogP contribution in [-0.4, -0.2) is 6.54 Å². The van der Waals surface area contributed by atoms with Gasteiger partial charge in [0.25, 0.3) is 0 Å². The van der Waals surface area contributed by atoms with Crippen LogP contribution in [0, 0.1) is 17.3 Å². The minimum absolute atomic E-state index is 0.583. The fourth-order valence-electron chi connectivity index (χ4n) is 2.63. The van der Waals surface area contributed by atoms with Crippen LogP contribution in [0.3, 0.4) is 0 Å². The molecule has 1 rings (SSSR count). The van der Waals surface area contributed by atoms with Gasteiger partial charge in [-0.25, -0.2) is 0 Å². The molecule has 0 spiro atoms. The largest absolute Gasteiger partial charge is 0.330 e. The second-order valence-corrected chi connectivity index (χ2v) is 4.89. The molecule has 1 aliphatic carbocycles. The minimum atomic E-state index is 0.583. The highest BCUT2D eigenvalue weighted by Crippen LogP contribution is 2.45. The summed E-state index contributed by atoms with van der Waals surface area (Å²) in [5.41, 5.74) is 6.14. The summed E-state index contributed by atoms with van der Waals surface area (Å²) in [4.78, 5) is 0. The van der Waals surface area contributed by atoms with Crippen LogP contribution in [-0.2, 0) is 0 Å². The average molecular weight is 155 g/mol. The highest BCUT2D eigenvalue weighted by Gasteiger charge is 2.35. The van der Waals surface area contributed by atoms with Gasteiger partial charge in [0, 0.05) is 0 Å². The molecule has 0 aromatic heterocycles. The molecular formula is C10H21N. The van der Waals surface area contributed by atoms with E-state index in [4.69, 9.17) is 5.73 Å². The van der Waals surface area contributed by atoms with Crippen molar-refractivity contribution in [3.8, 4) is 0 Å². The molecule has 66 valence electrons. The van der Waals surface area contributed by atoms with Gasteiger partial charge >= 0.3 is 0 Å². The summed E-state index contributed by atoms with van der Waals surface area (Å²) in [6, 6.07) is 0. The van der Waals surface area contributed by atoms with Crippen LogP contribution < -0.4 is 5.73 Å². The Morgan fingerprint density at radius 2 is 2.00 bits per heavy atom. The first-order valence-corrected chi connectivity index (χ1v) is 4.75. The number of hydrogen-bond donors (Lipinski definition) is 1. The molecule has 1 fully saturated rings. The summed E-state index contributed by atoms with van der Waals surface area (Å²) in [6.45, 7) is 7.99. The van der Waals surface area contributed by atoms with Gasteiger partial charge in [0.1, 0.15) is 0 Å². The smallest absolute Gasteiger partial charge is 0.00745 e. The van der Waals surface area contributed by atoms with Gasteiger partial charge in [0.2, 0.25) is 0 Å². The fourth-order valence-corrected chi connectivity index (χ4v) is 2.63. The summed E-state index contributed by atoms with van der Waals surface area (Å²) in [7, 11) is 0. The molecule has 1 heteroatoms. The molecular weight excluding hydrogens is 134 g/mol. The van der Waals surface area contributed by atoms with E-state index >= 15 is 0 Å². The monoisotopic (exact) mass is 155 g/mol. The molecule has 1 nitrogen and oxygen atoms in total. The molecule has 1 aliphatic rings. The Hall–Kier alpha value is -0.0400. The summed E-state index contributed by atoms with van der Waals surface area (Å²) >= 11 is 0. The molecule has 0 aromatic rings. The Kier molecular flexibility index (Phi) is 2.58. The van der Waals surface area contributed by atoms with E-state index in [0.29, 0.717) is 5.41 Å². The van der Waals surface area contributed by atoms with Crippen molar-refractivity contribution in [2.75, 3.05) is 6.54 Å². The molecule has 0 heterocycles. The second kappa shape index (κ2) is 3.14. The maximum Gasteiger partial charge on any atom is -0.00745 e. The molecule has 2 N–H and O–H groups in total. The van der Waals surface area contributed by atoms with Gasteiger partial charge in [0.15, 0.2) is 0 Å². The predicted molar refractivity (Wildman–Crippen MR) is 49.3 cm³/mol. The normalized spacial score (nSPS) is 36.0. The third-order valence-electron chi connectivity index (χ3n) is 3.03. The van der Waals surface area contributed by atoms with Crippen LogP contribution in [0.5, 0.6) is 0 Å². The van der Waals surface area contributed by atoms with Crippen LogP contribution in [0.4, 0.5) is 0 Å². The molecule has 0 saturated heterocycles. The van der Waals surface area contributed by atoms with Crippen LogP contribution in [0.15, 0.2) is 0 Å². The molecule has 0 radical (unpaired) electrons. The van der Waals surface area contributed by atoms with Crippen LogP contribution in [0.2, 0.25) is 0 Å². The van der Waals surface area contributed by atoms with E-state index < -0.39 is 0 Å². The van der Waals surface area contributed by atoms with Gasteiger partial charge in [-0.05, 0) is 43.1 Å². The lowest BCUT2D eigenvalue weighted by molar-refractivity contribution is 0.355. The zero-order chi connectivity index (χ0) is 8.48. The van der Waals surface area contributed by atoms with E-state index in [-0.39, 0.29) is 0 Å². The lowest BCUT2D eigenvalue weighted by Crippen LogP contribution is -2.11. The van der Waals surface area contributed by atoms with Crippen LogP contribution in [0.25, 0.3) is 0 Å². The Morgan fingerprint density at radius 1 is 1.36 bits per heavy atom. The van der Waals surface area contributed by atoms with Gasteiger partial charge < -0.3 is 5.73 Å². The standard InChI is InChI=1S/C10H21N/c1-8-6-10(2,3)7-9(8)4-5-11/h8-9H,4-7,11H2,1-3H3. The first-order chi connectivity index (χ1) is 5.05. The number of hydrogen-bond acceptors (Lipinski definition) is 1. The van der Waals surface area contributed by atoms with E-state index in [0.717, 1.165) is 18.4 Å². The van der Waals surface area contributed by atoms with Crippen molar-refractivity contribution in [1.82, 2.24) is 0 Å².